The van der Waals surface area contributed by atoms with Gasteiger partial charge in [-0.3, -0.25) is 4.79 Å². The van der Waals surface area contributed by atoms with E-state index in [1.54, 1.807) is 11.3 Å². The van der Waals surface area contributed by atoms with Gasteiger partial charge in [-0.1, -0.05) is 6.92 Å². The number of ether oxygens (including phenoxy) is 3. The molecule has 1 unspecified atom stereocenters. The summed E-state index contributed by atoms with van der Waals surface area (Å²) >= 11 is 1.65. The number of nitrogens with one attached hydrogen (secondary N) is 1. The topological polar surface area (TPSA) is 82.6 Å². The third-order valence-electron chi connectivity index (χ3n) is 5.08. The summed E-state index contributed by atoms with van der Waals surface area (Å²) in [6.07, 6.45) is 0.771. The van der Waals surface area contributed by atoms with E-state index in [1.165, 1.54) is 35.0 Å². The van der Waals surface area contributed by atoms with Crippen LogP contribution in [0.4, 0.5) is 14.5 Å². The highest BCUT2D eigenvalue weighted by Gasteiger charge is 2.43. The van der Waals surface area contributed by atoms with Crippen LogP contribution < -0.4 is 19.5 Å². The third-order valence-corrected chi connectivity index (χ3v) is 6.24. The fourth-order valence-corrected chi connectivity index (χ4v) is 5.05. The first kappa shape index (κ1) is 19.0. The summed E-state index contributed by atoms with van der Waals surface area (Å²) in [7, 11) is 0. The average Bonchev–Trinajstić information content (AvgIpc) is 3.21. The summed E-state index contributed by atoms with van der Waals surface area (Å²) in [5.74, 6) is 0.331. The number of amides is 1. The van der Waals surface area contributed by atoms with Gasteiger partial charge in [0.25, 0.3) is 5.91 Å². The van der Waals surface area contributed by atoms with E-state index in [0.717, 1.165) is 29.5 Å². The largest absolute Gasteiger partial charge is 0.586 e. The minimum Gasteiger partial charge on any atom is -0.467 e. The molecule has 10 heteroatoms. The summed E-state index contributed by atoms with van der Waals surface area (Å²) in [4.78, 5) is 23.1. The molecule has 3 heterocycles. The van der Waals surface area contributed by atoms with Gasteiger partial charge < -0.3 is 19.5 Å². The van der Waals surface area contributed by atoms with Crippen LogP contribution in [0.2, 0.25) is 0 Å². The Bertz CT molecular complexity index is 1150. The van der Waals surface area contributed by atoms with Gasteiger partial charge in [-0.2, -0.15) is 0 Å². The van der Waals surface area contributed by atoms with Crippen molar-refractivity contribution in [3.63, 3.8) is 0 Å². The van der Waals surface area contributed by atoms with E-state index < -0.39 is 12.2 Å². The number of aromatic nitrogens is 2. The van der Waals surface area contributed by atoms with Crippen molar-refractivity contribution in [3.05, 3.63) is 35.0 Å². The molecule has 2 aliphatic rings. The molecule has 1 atom stereocenters. The minimum atomic E-state index is -3.70. The number of anilines is 1. The number of benzene rings is 1. The van der Waals surface area contributed by atoms with Crippen LogP contribution in [0, 0.1) is 5.92 Å². The maximum absolute atomic E-state index is 13.1. The molecule has 30 heavy (non-hydrogen) atoms. The number of hydrogen-bond acceptors (Lipinski definition) is 7. The molecule has 3 aromatic rings. The number of hydrogen-bond donors (Lipinski definition) is 1. The molecular formula is C20H17F2N3O4S. The Kier molecular flexibility index (Phi) is 4.46. The third kappa shape index (κ3) is 3.51. The maximum Gasteiger partial charge on any atom is 0.586 e. The van der Waals surface area contributed by atoms with Gasteiger partial charge in [-0.25, -0.2) is 9.97 Å². The molecule has 5 rings (SSSR count). The van der Waals surface area contributed by atoms with Crippen molar-refractivity contribution in [2.45, 2.75) is 32.5 Å². The fourth-order valence-electron chi connectivity index (χ4n) is 3.71. The SMILES string of the molecule is CC1CCc2c(sc3ncnc(OCC(=O)Nc4ccc5c(c4)OC(F)(F)O5)c23)C1. The molecule has 1 aliphatic heterocycles. The van der Waals surface area contributed by atoms with E-state index in [0.29, 0.717) is 17.5 Å². The second kappa shape index (κ2) is 7.05. The maximum atomic E-state index is 13.1. The molecular weight excluding hydrogens is 416 g/mol. The van der Waals surface area contributed by atoms with Crippen molar-refractivity contribution in [2.75, 3.05) is 11.9 Å². The number of thiophene rings is 1. The summed E-state index contributed by atoms with van der Waals surface area (Å²) in [6.45, 7) is 1.95. The Morgan fingerprint density at radius 2 is 2.17 bits per heavy atom. The minimum absolute atomic E-state index is 0.0887. The molecule has 0 radical (unpaired) electrons. The lowest BCUT2D eigenvalue weighted by atomic mass is 9.89. The fraction of sp³-hybridized carbons (Fsp3) is 0.350. The highest BCUT2D eigenvalue weighted by Crippen LogP contribution is 2.42. The smallest absolute Gasteiger partial charge is 0.467 e. The first-order chi connectivity index (χ1) is 14.4. The number of aryl methyl sites for hydroxylation is 1. The number of halogens is 2. The molecule has 0 saturated heterocycles. The molecule has 2 aromatic heterocycles. The second-order valence-corrected chi connectivity index (χ2v) is 8.46. The van der Waals surface area contributed by atoms with E-state index in [1.807, 2.05) is 0 Å². The summed E-state index contributed by atoms with van der Waals surface area (Å²) < 4.78 is 40.7. The molecule has 1 N–H and O–H groups in total. The van der Waals surface area contributed by atoms with Gasteiger partial charge >= 0.3 is 6.29 Å². The van der Waals surface area contributed by atoms with Crippen LogP contribution in [-0.4, -0.2) is 28.8 Å². The molecule has 1 aliphatic carbocycles. The highest BCUT2D eigenvalue weighted by molar-refractivity contribution is 7.18. The summed E-state index contributed by atoms with van der Waals surface area (Å²) in [5.41, 5.74) is 1.50. The number of carbonyl (C=O) groups excluding carboxylic acids is 1. The molecule has 7 nitrogen and oxygen atoms in total. The van der Waals surface area contributed by atoms with Crippen molar-refractivity contribution in [3.8, 4) is 17.4 Å². The van der Waals surface area contributed by atoms with Crippen molar-refractivity contribution in [1.82, 2.24) is 9.97 Å². The van der Waals surface area contributed by atoms with Gasteiger partial charge in [0.2, 0.25) is 5.88 Å². The van der Waals surface area contributed by atoms with Crippen LogP contribution in [-0.2, 0) is 17.6 Å². The first-order valence-electron chi connectivity index (χ1n) is 9.46. The summed E-state index contributed by atoms with van der Waals surface area (Å²) in [5, 5.41) is 3.47. The van der Waals surface area contributed by atoms with Gasteiger partial charge in [0, 0.05) is 16.6 Å². The average molecular weight is 433 g/mol. The predicted octanol–water partition coefficient (Wildman–Crippen LogP) is 4.16. The van der Waals surface area contributed by atoms with Crippen molar-refractivity contribution < 1.29 is 27.8 Å². The van der Waals surface area contributed by atoms with Gasteiger partial charge in [-0.05, 0) is 42.9 Å². The second-order valence-electron chi connectivity index (χ2n) is 7.38. The van der Waals surface area contributed by atoms with Crippen LogP contribution in [0.25, 0.3) is 10.2 Å². The van der Waals surface area contributed by atoms with E-state index in [2.05, 4.69) is 31.7 Å². The lowest BCUT2D eigenvalue weighted by molar-refractivity contribution is -0.286. The van der Waals surface area contributed by atoms with Gasteiger partial charge in [-0.15, -0.1) is 20.1 Å². The van der Waals surface area contributed by atoms with E-state index in [4.69, 9.17) is 4.74 Å². The van der Waals surface area contributed by atoms with E-state index in [9.17, 15) is 13.6 Å². The van der Waals surface area contributed by atoms with Gasteiger partial charge in [0.1, 0.15) is 11.2 Å². The normalized spacial score (nSPS) is 18.8. The van der Waals surface area contributed by atoms with Gasteiger partial charge in [0.05, 0.1) is 5.39 Å². The molecule has 1 aromatic carbocycles. The van der Waals surface area contributed by atoms with Gasteiger partial charge in [0.15, 0.2) is 18.1 Å². The molecule has 0 fully saturated rings. The Labute approximate surface area is 174 Å². The molecule has 0 saturated carbocycles. The lowest BCUT2D eigenvalue weighted by Gasteiger charge is -2.18. The van der Waals surface area contributed by atoms with E-state index in [-0.39, 0.29) is 18.1 Å². The number of alkyl halides is 2. The van der Waals surface area contributed by atoms with Crippen LogP contribution in [0.15, 0.2) is 24.5 Å². The van der Waals surface area contributed by atoms with E-state index >= 15 is 0 Å². The standard InChI is InChI=1S/C20H17F2N3O4S/c1-10-2-4-12-15(6-10)30-19-17(12)18(23-9-24-19)27-8-16(26)25-11-3-5-13-14(7-11)29-20(21,22)28-13/h3,5,7,9-10H,2,4,6,8H2,1H3,(H,25,26). The van der Waals surface area contributed by atoms with Crippen LogP contribution >= 0.6 is 11.3 Å². The zero-order chi connectivity index (χ0) is 20.9. The quantitative estimate of drug-likeness (QED) is 0.666. The Hall–Kier alpha value is -3.01. The Balaban J connectivity index is 1.29. The zero-order valence-electron chi connectivity index (χ0n) is 15.9. The van der Waals surface area contributed by atoms with Crippen LogP contribution in [0.1, 0.15) is 23.8 Å². The molecule has 0 bridgehead atoms. The molecule has 1 amide bonds. The number of rotatable bonds is 4. The lowest BCUT2D eigenvalue weighted by Crippen LogP contribution is -2.25. The zero-order valence-corrected chi connectivity index (χ0v) is 16.7. The van der Waals surface area contributed by atoms with Crippen molar-refractivity contribution in [2.24, 2.45) is 5.92 Å². The predicted molar refractivity (Wildman–Crippen MR) is 105 cm³/mol. The molecule has 156 valence electrons. The van der Waals surface area contributed by atoms with Crippen LogP contribution in [0.5, 0.6) is 17.4 Å². The Morgan fingerprint density at radius 3 is 3.03 bits per heavy atom. The Morgan fingerprint density at radius 1 is 1.33 bits per heavy atom. The van der Waals surface area contributed by atoms with Crippen molar-refractivity contribution in [1.29, 1.82) is 0 Å². The number of carbonyl (C=O) groups is 1. The van der Waals surface area contributed by atoms with Crippen molar-refractivity contribution >= 4 is 33.1 Å². The first-order valence-corrected chi connectivity index (χ1v) is 10.3. The molecule has 0 spiro atoms. The number of nitrogens with zero attached hydrogens (tertiary/aromatic N) is 2. The highest BCUT2D eigenvalue weighted by atomic mass is 32.1. The van der Waals surface area contributed by atoms with Crippen LogP contribution in [0.3, 0.4) is 0 Å². The number of fused-ring (bicyclic) bond motifs is 4. The monoisotopic (exact) mass is 433 g/mol. The summed E-state index contributed by atoms with van der Waals surface area (Å²) in [6, 6.07) is 4.02.